The van der Waals surface area contributed by atoms with E-state index in [1.54, 1.807) is 12.1 Å². The van der Waals surface area contributed by atoms with Crippen molar-refractivity contribution in [3.8, 4) is 11.1 Å². The van der Waals surface area contributed by atoms with Crippen LogP contribution in [0.3, 0.4) is 0 Å². The summed E-state index contributed by atoms with van der Waals surface area (Å²) in [5.41, 5.74) is 2.62. The van der Waals surface area contributed by atoms with Crippen LogP contribution in [0.15, 0.2) is 42.6 Å². The predicted octanol–water partition coefficient (Wildman–Crippen LogP) is 3.99. The highest BCUT2D eigenvalue weighted by molar-refractivity contribution is 5.93. The average molecular weight is 364 g/mol. The lowest BCUT2D eigenvalue weighted by molar-refractivity contribution is 0.0691. The number of hydrogen-bond donors (Lipinski definition) is 1. The molecule has 27 heavy (non-hydrogen) atoms. The highest BCUT2D eigenvalue weighted by atomic mass is 16.4. The molecule has 0 atom stereocenters. The minimum atomic E-state index is -1.02. The van der Waals surface area contributed by atoms with Crippen LogP contribution in [0, 0.1) is 0 Å². The first-order valence-electron chi connectivity index (χ1n) is 9.32. The second-order valence-corrected chi connectivity index (χ2v) is 6.46. The summed E-state index contributed by atoms with van der Waals surface area (Å²) in [6, 6.07) is 11.4. The fourth-order valence-corrected chi connectivity index (χ4v) is 2.99. The van der Waals surface area contributed by atoms with Crippen molar-refractivity contribution < 1.29 is 9.90 Å². The molecule has 0 fully saturated rings. The van der Waals surface area contributed by atoms with E-state index in [-0.39, 0.29) is 5.69 Å². The summed E-state index contributed by atoms with van der Waals surface area (Å²) in [6.07, 6.45) is 5.47. The van der Waals surface area contributed by atoms with Crippen LogP contribution in [0.4, 0.5) is 0 Å². The molecule has 0 amide bonds. The normalized spacial score (nSPS) is 10.9. The van der Waals surface area contributed by atoms with Gasteiger partial charge in [-0.2, -0.15) is 5.10 Å². The number of pyridine rings is 1. The van der Waals surface area contributed by atoms with Gasteiger partial charge in [0.15, 0.2) is 11.5 Å². The maximum absolute atomic E-state index is 11.4. The zero-order valence-corrected chi connectivity index (χ0v) is 15.7. The smallest absolute Gasteiger partial charge is 0.355 e. The SMILES string of the molecule is CCCCc1nc(CC)nn1Cc1ccc(-c2cccnc2C(=O)O)cc1. The van der Waals surface area contributed by atoms with E-state index in [9.17, 15) is 9.90 Å². The van der Waals surface area contributed by atoms with E-state index < -0.39 is 5.97 Å². The Morgan fingerprint density at radius 1 is 1.15 bits per heavy atom. The summed E-state index contributed by atoms with van der Waals surface area (Å²) in [4.78, 5) is 20.0. The minimum absolute atomic E-state index is 0.0657. The Balaban J connectivity index is 1.83. The fourth-order valence-electron chi connectivity index (χ4n) is 2.99. The maximum atomic E-state index is 11.4. The van der Waals surface area contributed by atoms with Crippen molar-refractivity contribution in [1.82, 2.24) is 19.7 Å². The number of carboxylic acids is 1. The zero-order valence-electron chi connectivity index (χ0n) is 15.7. The van der Waals surface area contributed by atoms with E-state index in [2.05, 4.69) is 28.9 Å². The summed E-state index contributed by atoms with van der Waals surface area (Å²) in [5.74, 6) is 0.877. The maximum Gasteiger partial charge on any atom is 0.355 e. The molecule has 0 unspecified atom stereocenters. The van der Waals surface area contributed by atoms with Crippen molar-refractivity contribution in [2.45, 2.75) is 46.1 Å². The van der Waals surface area contributed by atoms with E-state index in [1.165, 1.54) is 6.20 Å². The van der Waals surface area contributed by atoms with Gasteiger partial charge in [-0.05, 0) is 23.6 Å². The predicted molar refractivity (Wildman–Crippen MR) is 104 cm³/mol. The van der Waals surface area contributed by atoms with Crippen LogP contribution in [0.25, 0.3) is 11.1 Å². The van der Waals surface area contributed by atoms with Crippen molar-refractivity contribution in [1.29, 1.82) is 0 Å². The van der Waals surface area contributed by atoms with Gasteiger partial charge in [0.25, 0.3) is 0 Å². The molecule has 0 saturated heterocycles. The molecule has 0 aliphatic heterocycles. The Morgan fingerprint density at radius 2 is 1.93 bits per heavy atom. The molecular formula is C21H24N4O2. The topological polar surface area (TPSA) is 80.9 Å². The van der Waals surface area contributed by atoms with Gasteiger partial charge in [0.2, 0.25) is 0 Å². The van der Waals surface area contributed by atoms with Gasteiger partial charge in [0.1, 0.15) is 5.82 Å². The Hall–Kier alpha value is -3.02. The number of carboxylic acid groups (broad SMARTS) is 1. The number of rotatable bonds is 8. The van der Waals surface area contributed by atoms with Crippen molar-refractivity contribution in [3.63, 3.8) is 0 Å². The first-order valence-corrected chi connectivity index (χ1v) is 9.32. The molecule has 0 aliphatic rings. The van der Waals surface area contributed by atoms with Crippen LogP contribution >= 0.6 is 0 Å². The third-order valence-electron chi connectivity index (χ3n) is 4.47. The number of aromatic carboxylic acids is 1. The molecule has 6 nitrogen and oxygen atoms in total. The molecule has 0 radical (unpaired) electrons. The lowest BCUT2D eigenvalue weighted by Crippen LogP contribution is -2.07. The summed E-state index contributed by atoms with van der Waals surface area (Å²) < 4.78 is 1.98. The summed E-state index contributed by atoms with van der Waals surface area (Å²) in [5, 5.41) is 13.9. The van der Waals surface area contributed by atoms with Gasteiger partial charge in [-0.1, -0.05) is 50.6 Å². The Kier molecular flexibility index (Phi) is 5.96. The molecule has 6 heteroatoms. The number of aromatic nitrogens is 4. The molecule has 3 aromatic rings. The summed E-state index contributed by atoms with van der Waals surface area (Å²) >= 11 is 0. The Morgan fingerprint density at radius 3 is 2.59 bits per heavy atom. The van der Waals surface area contributed by atoms with Crippen LogP contribution < -0.4 is 0 Å². The quantitative estimate of drug-likeness (QED) is 0.653. The van der Waals surface area contributed by atoms with Gasteiger partial charge in [-0.15, -0.1) is 0 Å². The molecule has 1 N–H and O–H groups in total. The Labute approximate surface area is 158 Å². The average Bonchev–Trinajstić information content (AvgIpc) is 3.08. The molecular weight excluding hydrogens is 340 g/mol. The number of hydrogen-bond acceptors (Lipinski definition) is 4. The molecule has 2 heterocycles. The molecule has 0 saturated carbocycles. The van der Waals surface area contributed by atoms with Crippen molar-refractivity contribution in [2.75, 3.05) is 0 Å². The highest BCUT2D eigenvalue weighted by Crippen LogP contribution is 2.23. The van der Waals surface area contributed by atoms with Gasteiger partial charge in [-0.25, -0.2) is 19.4 Å². The van der Waals surface area contributed by atoms with Crippen molar-refractivity contribution in [2.24, 2.45) is 0 Å². The number of benzene rings is 1. The van der Waals surface area contributed by atoms with E-state index in [1.807, 2.05) is 28.9 Å². The molecule has 1 aromatic carbocycles. The van der Waals surface area contributed by atoms with Crippen LogP contribution in [-0.4, -0.2) is 30.8 Å². The van der Waals surface area contributed by atoms with Gasteiger partial charge >= 0.3 is 5.97 Å². The monoisotopic (exact) mass is 364 g/mol. The van der Waals surface area contributed by atoms with Crippen LogP contribution in [0.1, 0.15) is 54.4 Å². The van der Waals surface area contributed by atoms with E-state index in [0.29, 0.717) is 12.1 Å². The number of carbonyl (C=O) groups is 1. The van der Waals surface area contributed by atoms with Crippen molar-refractivity contribution >= 4 is 5.97 Å². The molecule has 0 bridgehead atoms. The van der Waals surface area contributed by atoms with Crippen LogP contribution in [-0.2, 0) is 19.4 Å². The van der Waals surface area contributed by atoms with E-state index in [4.69, 9.17) is 0 Å². The molecule has 2 aromatic heterocycles. The number of aryl methyl sites for hydroxylation is 2. The standard InChI is InChI=1S/C21H24N4O2/c1-3-5-8-19-23-18(4-2)24-25(19)14-15-9-11-16(12-10-15)17-7-6-13-22-20(17)21(26)27/h6-7,9-13H,3-5,8,14H2,1-2H3,(H,26,27). The largest absolute Gasteiger partial charge is 0.476 e. The fraction of sp³-hybridized carbons (Fsp3) is 0.333. The third-order valence-corrected chi connectivity index (χ3v) is 4.47. The molecule has 0 spiro atoms. The van der Waals surface area contributed by atoms with Crippen LogP contribution in [0.5, 0.6) is 0 Å². The van der Waals surface area contributed by atoms with Crippen molar-refractivity contribution in [3.05, 3.63) is 65.5 Å². The lowest BCUT2D eigenvalue weighted by Gasteiger charge is -2.08. The van der Waals surface area contributed by atoms with Gasteiger partial charge in [-0.3, -0.25) is 0 Å². The van der Waals surface area contributed by atoms with Gasteiger partial charge in [0, 0.05) is 24.6 Å². The lowest BCUT2D eigenvalue weighted by atomic mass is 10.0. The van der Waals surface area contributed by atoms with Gasteiger partial charge in [0.05, 0.1) is 6.54 Å². The second-order valence-electron chi connectivity index (χ2n) is 6.46. The first kappa shape index (κ1) is 18.8. The second kappa shape index (κ2) is 8.58. The van der Waals surface area contributed by atoms with Gasteiger partial charge < -0.3 is 5.11 Å². The van der Waals surface area contributed by atoms with Crippen LogP contribution in [0.2, 0.25) is 0 Å². The molecule has 0 aliphatic carbocycles. The molecule has 3 rings (SSSR count). The first-order chi connectivity index (χ1) is 13.1. The zero-order chi connectivity index (χ0) is 19.2. The molecule has 140 valence electrons. The Bertz CT molecular complexity index is 916. The third kappa shape index (κ3) is 4.39. The highest BCUT2D eigenvalue weighted by Gasteiger charge is 2.13. The van der Waals surface area contributed by atoms with E-state index in [0.717, 1.165) is 48.5 Å². The summed E-state index contributed by atoms with van der Waals surface area (Å²) in [7, 11) is 0. The van der Waals surface area contributed by atoms with E-state index >= 15 is 0 Å². The number of unbranched alkanes of at least 4 members (excludes halogenated alkanes) is 1. The summed E-state index contributed by atoms with van der Waals surface area (Å²) in [6.45, 7) is 4.89. The minimum Gasteiger partial charge on any atom is -0.476 e. The number of nitrogens with zero attached hydrogens (tertiary/aromatic N) is 4.